The first kappa shape index (κ1) is 15.0. The number of ketones is 1. The molecular formula is C12H12BrF3O2. The van der Waals surface area contributed by atoms with E-state index in [0.29, 0.717) is 12.0 Å². The maximum atomic E-state index is 12.3. The number of hydrogen-bond acceptors (Lipinski definition) is 2. The summed E-state index contributed by atoms with van der Waals surface area (Å²) in [5, 5.41) is 0. The third-order valence-corrected chi connectivity index (χ3v) is 3.48. The Hall–Kier alpha value is -1.04. The topological polar surface area (TPSA) is 26.3 Å². The summed E-state index contributed by atoms with van der Waals surface area (Å²) >= 11 is 3.10. The van der Waals surface area contributed by atoms with Gasteiger partial charge in [-0.2, -0.15) is 0 Å². The van der Waals surface area contributed by atoms with Crippen molar-refractivity contribution in [2.75, 3.05) is 0 Å². The van der Waals surface area contributed by atoms with Crippen LogP contribution in [0, 0.1) is 0 Å². The van der Waals surface area contributed by atoms with Gasteiger partial charge in [-0.25, -0.2) is 0 Å². The summed E-state index contributed by atoms with van der Waals surface area (Å²) in [4.78, 5) is 10.5. The number of hydrogen-bond donors (Lipinski definition) is 0. The molecule has 0 saturated carbocycles. The van der Waals surface area contributed by atoms with Gasteiger partial charge < -0.3 is 4.74 Å². The van der Waals surface area contributed by atoms with E-state index in [1.165, 1.54) is 19.1 Å². The lowest BCUT2D eigenvalue weighted by atomic mass is 9.99. The van der Waals surface area contributed by atoms with E-state index in [0.717, 1.165) is 0 Å². The molecule has 100 valence electrons. The summed E-state index contributed by atoms with van der Waals surface area (Å²) in [5.41, 5.74) is 0.888. The van der Waals surface area contributed by atoms with Gasteiger partial charge in [-0.05, 0) is 25.0 Å². The number of ether oxygens (including phenoxy) is 1. The number of carbonyl (C=O) groups excluding carboxylic acids is 1. The predicted molar refractivity (Wildman–Crippen MR) is 64.9 cm³/mol. The van der Waals surface area contributed by atoms with Crippen molar-refractivity contribution in [2.24, 2.45) is 0 Å². The van der Waals surface area contributed by atoms with Crippen LogP contribution in [0.2, 0.25) is 0 Å². The van der Waals surface area contributed by atoms with E-state index in [4.69, 9.17) is 0 Å². The number of alkyl halides is 4. The quantitative estimate of drug-likeness (QED) is 0.777. The van der Waals surface area contributed by atoms with E-state index in [2.05, 4.69) is 20.7 Å². The van der Waals surface area contributed by atoms with Gasteiger partial charge in [0.15, 0.2) is 0 Å². The van der Waals surface area contributed by atoms with Crippen LogP contribution < -0.4 is 4.74 Å². The van der Waals surface area contributed by atoms with Gasteiger partial charge in [-0.15, -0.1) is 13.2 Å². The fourth-order valence-corrected chi connectivity index (χ4v) is 2.12. The fraction of sp³-hybridized carbons (Fsp3) is 0.417. The van der Waals surface area contributed by atoms with Crippen LogP contribution in [0.5, 0.6) is 5.75 Å². The van der Waals surface area contributed by atoms with Crippen LogP contribution in [0.3, 0.4) is 0 Å². The Morgan fingerprint density at radius 2 is 2.06 bits per heavy atom. The molecule has 18 heavy (non-hydrogen) atoms. The van der Waals surface area contributed by atoms with Gasteiger partial charge >= 0.3 is 6.36 Å². The predicted octanol–water partition coefficient (Wildman–Crippen LogP) is 4.17. The average molecular weight is 325 g/mol. The monoisotopic (exact) mass is 324 g/mol. The summed E-state index contributed by atoms with van der Waals surface area (Å²) in [6.45, 7) is 3.11. The van der Waals surface area contributed by atoms with E-state index in [9.17, 15) is 18.0 Å². The summed E-state index contributed by atoms with van der Waals surface area (Å²) in [6, 6.07) is 4.36. The van der Waals surface area contributed by atoms with E-state index in [1.54, 1.807) is 13.0 Å². The van der Waals surface area contributed by atoms with Crippen LogP contribution in [0.1, 0.15) is 29.8 Å². The first-order chi connectivity index (χ1) is 8.26. The van der Waals surface area contributed by atoms with E-state index < -0.39 is 11.2 Å². The van der Waals surface area contributed by atoms with Gasteiger partial charge in [0.05, 0.1) is 0 Å². The summed E-state index contributed by atoms with van der Waals surface area (Å²) in [5.74, 6) is -0.609. The maximum absolute atomic E-state index is 12.3. The van der Waals surface area contributed by atoms with Crippen LogP contribution in [0.25, 0.3) is 0 Å². The smallest absolute Gasteiger partial charge is 0.405 e. The van der Waals surface area contributed by atoms with E-state index >= 15 is 0 Å². The van der Waals surface area contributed by atoms with E-state index in [1.807, 2.05) is 0 Å². The second kappa shape index (κ2) is 5.73. The Bertz CT molecular complexity index is 443. The third kappa shape index (κ3) is 3.73. The Labute approximate surface area is 111 Å². The minimum absolute atomic E-state index is 0.241. The molecule has 1 aromatic rings. The molecular weight excluding hydrogens is 313 g/mol. The number of benzene rings is 1. The van der Waals surface area contributed by atoms with Crippen LogP contribution in [0.4, 0.5) is 13.2 Å². The molecule has 0 aliphatic heterocycles. The number of rotatable bonds is 4. The number of carbonyl (C=O) groups is 1. The molecule has 1 aromatic carbocycles. The zero-order valence-electron chi connectivity index (χ0n) is 9.84. The van der Waals surface area contributed by atoms with Crippen molar-refractivity contribution in [1.29, 1.82) is 0 Å². The van der Waals surface area contributed by atoms with Crippen LogP contribution in [-0.2, 0) is 11.2 Å². The molecule has 0 radical (unpaired) electrons. The van der Waals surface area contributed by atoms with Gasteiger partial charge in [0, 0.05) is 5.56 Å². The second-order valence-corrected chi connectivity index (χ2v) is 4.62. The van der Waals surface area contributed by atoms with Gasteiger partial charge in [0.2, 0.25) is 0 Å². The summed E-state index contributed by atoms with van der Waals surface area (Å²) < 4.78 is 40.9. The molecule has 0 bridgehead atoms. The molecule has 0 amide bonds. The molecule has 1 atom stereocenters. The first-order valence-corrected chi connectivity index (χ1v) is 6.20. The molecule has 0 N–H and O–H groups in total. The van der Waals surface area contributed by atoms with Crippen molar-refractivity contribution in [3.8, 4) is 5.75 Å². The lowest BCUT2D eigenvalue weighted by molar-refractivity contribution is -0.274. The highest BCUT2D eigenvalue weighted by atomic mass is 79.9. The number of halogens is 4. The standard InChI is InChI=1S/C12H12BrF3O2/c1-3-8-5-4-6-9(18-12(14,15)16)10(8)11(13)7(2)17/h4-6,11H,3H2,1-2H3. The van der Waals surface area contributed by atoms with Crippen molar-refractivity contribution >= 4 is 21.7 Å². The SMILES string of the molecule is CCc1cccc(OC(F)(F)F)c1C(Br)C(C)=O. The second-order valence-electron chi connectivity index (χ2n) is 3.70. The van der Waals surface area contributed by atoms with Crippen molar-refractivity contribution in [3.05, 3.63) is 29.3 Å². The van der Waals surface area contributed by atoms with Crippen molar-refractivity contribution in [1.82, 2.24) is 0 Å². The zero-order valence-corrected chi connectivity index (χ0v) is 11.4. The third-order valence-electron chi connectivity index (χ3n) is 2.37. The van der Waals surface area contributed by atoms with Crippen LogP contribution in [0.15, 0.2) is 18.2 Å². The molecule has 2 nitrogen and oxygen atoms in total. The fourth-order valence-electron chi connectivity index (χ4n) is 1.60. The molecule has 0 aliphatic rings. The average Bonchev–Trinajstić information content (AvgIpc) is 2.25. The van der Waals surface area contributed by atoms with Crippen molar-refractivity contribution in [2.45, 2.75) is 31.5 Å². The molecule has 0 saturated heterocycles. The molecule has 0 spiro atoms. The van der Waals surface area contributed by atoms with Crippen molar-refractivity contribution in [3.63, 3.8) is 0 Å². The number of aryl methyl sites for hydroxylation is 1. The lowest BCUT2D eigenvalue weighted by Gasteiger charge is -2.18. The largest absolute Gasteiger partial charge is 0.573 e. The molecule has 1 rings (SSSR count). The Balaban J connectivity index is 3.29. The van der Waals surface area contributed by atoms with Gasteiger partial charge in [0.25, 0.3) is 0 Å². The minimum Gasteiger partial charge on any atom is -0.405 e. The van der Waals surface area contributed by atoms with Gasteiger partial charge in [-0.3, -0.25) is 4.79 Å². The van der Waals surface area contributed by atoms with Crippen molar-refractivity contribution < 1.29 is 22.7 Å². The minimum atomic E-state index is -4.77. The normalized spacial score (nSPS) is 13.2. The molecule has 1 unspecified atom stereocenters. The first-order valence-electron chi connectivity index (χ1n) is 5.28. The maximum Gasteiger partial charge on any atom is 0.573 e. The Morgan fingerprint density at radius 3 is 2.50 bits per heavy atom. The zero-order chi connectivity index (χ0) is 13.9. The lowest BCUT2D eigenvalue weighted by Crippen LogP contribution is -2.19. The van der Waals surface area contributed by atoms with Crippen LogP contribution in [-0.4, -0.2) is 12.1 Å². The highest BCUT2D eigenvalue weighted by Gasteiger charge is 2.33. The van der Waals surface area contributed by atoms with E-state index in [-0.39, 0.29) is 17.1 Å². The molecule has 0 aromatic heterocycles. The molecule has 0 aliphatic carbocycles. The summed E-state index contributed by atoms with van der Waals surface area (Å²) in [6.07, 6.45) is -4.26. The summed E-state index contributed by atoms with van der Waals surface area (Å²) in [7, 11) is 0. The molecule has 0 fully saturated rings. The van der Waals surface area contributed by atoms with Gasteiger partial charge in [-0.1, -0.05) is 35.0 Å². The Kier molecular flexibility index (Phi) is 4.78. The molecule has 0 heterocycles. The van der Waals surface area contributed by atoms with Gasteiger partial charge in [0.1, 0.15) is 16.4 Å². The Morgan fingerprint density at radius 1 is 1.44 bits per heavy atom. The highest BCUT2D eigenvalue weighted by molar-refractivity contribution is 9.09. The number of Topliss-reactive ketones (excluding diaryl/α,β-unsaturated/α-hetero) is 1. The van der Waals surface area contributed by atoms with Crippen LogP contribution >= 0.6 is 15.9 Å². The highest BCUT2D eigenvalue weighted by Crippen LogP contribution is 2.37. The molecule has 6 heteroatoms.